The van der Waals surface area contributed by atoms with Gasteiger partial charge in [-0.05, 0) is 49.9 Å². The predicted octanol–water partition coefficient (Wildman–Crippen LogP) is 4.13. The standard InChI is InChI=1S/C28H28F3N5O3/c1-27(2)13-23(37)36(26(33)35-27)24(16-9-7-15(14-32)8-10-16)18-11-19(18)25(38)34-20-12-22(28(29,30)31)39-21-6-4-3-5-17(20)21/h3-10,18-20,22,24H,11-13H2,1-2H3,(H2,33,35)(H,34,38)/t18-,19-,20-,22+,24+/m0/s1. The van der Waals surface area contributed by atoms with Crippen LogP contribution in [0.15, 0.2) is 53.5 Å². The molecule has 204 valence electrons. The van der Waals surface area contributed by atoms with E-state index >= 15 is 0 Å². The third-order valence-corrected chi connectivity index (χ3v) is 7.45. The largest absolute Gasteiger partial charge is 0.480 e. The Bertz CT molecular complexity index is 1370. The summed E-state index contributed by atoms with van der Waals surface area (Å²) in [7, 11) is 0. The molecule has 0 saturated heterocycles. The number of alkyl halides is 3. The molecule has 3 aliphatic rings. The maximum atomic E-state index is 13.5. The summed E-state index contributed by atoms with van der Waals surface area (Å²) < 4.78 is 45.8. The number of rotatable bonds is 5. The van der Waals surface area contributed by atoms with Gasteiger partial charge in [0, 0.05) is 17.9 Å². The zero-order valence-corrected chi connectivity index (χ0v) is 21.4. The number of nitrogens with zero attached hydrogens (tertiary/aromatic N) is 3. The number of benzene rings is 2. The maximum Gasteiger partial charge on any atom is 0.425 e. The molecule has 2 aromatic carbocycles. The first-order valence-corrected chi connectivity index (χ1v) is 12.7. The number of para-hydroxylation sites is 1. The van der Waals surface area contributed by atoms with E-state index in [1.54, 1.807) is 56.3 Å². The number of nitrogens with one attached hydrogen (secondary N) is 1. The lowest BCUT2D eigenvalue weighted by molar-refractivity contribution is -0.201. The third kappa shape index (κ3) is 5.28. The molecule has 2 amide bonds. The second-order valence-corrected chi connectivity index (χ2v) is 10.9. The Morgan fingerprint density at radius 1 is 1.21 bits per heavy atom. The van der Waals surface area contributed by atoms with Gasteiger partial charge in [0.15, 0.2) is 12.1 Å². The van der Waals surface area contributed by atoms with Crippen LogP contribution in [0.25, 0.3) is 0 Å². The van der Waals surface area contributed by atoms with E-state index in [9.17, 15) is 28.0 Å². The van der Waals surface area contributed by atoms with E-state index in [2.05, 4.69) is 16.4 Å². The van der Waals surface area contributed by atoms with Crippen LogP contribution in [0, 0.1) is 23.2 Å². The molecule has 0 aromatic heterocycles. The highest BCUT2D eigenvalue weighted by molar-refractivity contribution is 5.99. The first-order chi connectivity index (χ1) is 18.4. The van der Waals surface area contributed by atoms with Crippen LogP contribution in [0.4, 0.5) is 13.2 Å². The second-order valence-electron chi connectivity index (χ2n) is 10.9. The van der Waals surface area contributed by atoms with Crippen LogP contribution in [-0.2, 0) is 9.59 Å². The Morgan fingerprint density at radius 3 is 2.54 bits per heavy atom. The summed E-state index contributed by atoms with van der Waals surface area (Å²) in [4.78, 5) is 32.5. The van der Waals surface area contributed by atoms with Gasteiger partial charge < -0.3 is 15.8 Å². The molecule has 3 N–H and O–H groups in total. The van der Waals surface area contributed by atoms with Crippen molar-refractivity contribution in [2.75, 3.05) is 0 Å². The Labute approximate surface area is 223 Å². The zero-order valence-electron chi connectivity index (χ0n) is 21.4. The zero-order chi connectivity index (χ0) is 28.1. The lowest BCUT2D eigenvalue weighted by atomic mass is 9.93. The lowest BCUT2D eigenvalue weighted by Gasteiger charge is -2.38. The normalized spacial score (nSPS) is 26.4. The molecule has 0 bridgehead atoms. The second kappa shape index (κ2) is 9.59. The molecule has 2 aliphatic heterocycles. The van der Waals surface area contributed by atoms with Crippen LogP contribution in [0.3, 0.4) is 0 Å². The van der Waals surface area contributed by atoms with Crippen LogP contribution in [-0.4, -0.2) is 40.5 Å². The van der Waals surface area contributed by atoms with Crippen molar-refractivity contribution in [3.05, 3.63) is 65.2 Å². The van der Waals surface area contributed by atoms with E-state index in [1.165, 1.54) is 11.0 Å². The van der Waals surface area contributed by atoms with Gasteiger partial charge in [0.1, 0.15) is 5.75 Å². The highest BCUT2D eigenvalue weighted by Crippen LogP contribution is 2.52. The minimum Gasteiger partial charge on any atom is -0.480 e. The summed E-state index contributed by atoms with van der Waals surface area (Å²) in [5, 5.41) is 12.0. The highest BCUT2D eigenvalue weighted by atomic mass is 19.4. The van der Waals surface area contributed by atoms with Crippen LogP contribution in [0.1, 0.15) is 61.9 Å². The number of aliphatic imine (C=N–C) groups is 1. The van der Waals surface area contributed by atoms with Gasteiger partial charge in [-0.25, -0.2) is 4.99 Å². The summed E-state index contributed by atoms with van der Waals surface area (Å²) in [6, 6.07) is 13.6. The SMILES string of the molecule is CC1(C)CC(=O)N([C@H](c2ccc(C#N)cc2)[C@H]2C[C@@H]2C(=O)N[C@H]2C[C@H](C(F)(F)F)Oc3ccccc32)C(N)=N1. The van der Waals surface area contributed by atoms with Crippen molar-refractivity contribution in [3.8, 4) is 11.8 Å². The van der Waals surface area contributed by atoms with Gasteiger partial charge in [0.2, 0.25) is 11.8 Å². The van der Waals surface area contributed by atoms with E-state index in [0.29, 0.717) is 23.1 Å². The number of hydrogen-bond acceptors (Lipinski definition) is 6. The van der Waals surface area contributed by atoms with Crippen molar-refractivity contribution in [3.63, 3.8) is 0 Å². The number of hydrogen-bond donors (Lipinski definition) is 2. The van der Waals surface area contributed by atoms with Crippen molar-refractivity contribution in [1.82, 2.24) is 10.2 Å². The van der Waals surface area contributed by atoms with E-state index < -0.39 is 48.1 Å². The minimum absolute atomic E-state index is 0.0445. The Morgan fingerprint density at radius 2 is 1.90 bits per heavy atom. The van der Waals surface area contributed by atoms with Gasteiger partial charge in [-0.3, -0.25) is 14.5 Å². The van der Waals surface area contributed by atoms with Crippen molar-refractivity contribution in [1.29, 1.82) is 5.26 Å². The monoisotopic (exact) mass is 539 g/mol. The van der Waals surface area contributed by atoms with Gasteiger partial charge >= 0.3 is 6.18 Å². The molecule has 39 heavy (non-hydrogen) atoms. The average molecular weight is 540 g/mol. The minimum atomic E-state index is -4.58. The topological polar surface area (TPSA) is 121 Å². The number of fused-ring (bicyclic) bond motifs is 1. The molecule has 8 nitrogen and oxygen atoms in total. The number of carbonyl (C=O) groups is 2. The van der Waals surface area contributed by atoms with E-state index in [1.807, 2.05) is 0 Å². The molecule has 2 aromatic rings. The summed E-state index contributed by atoms with van der Waals surface area (Å²) in [5.41, 5.74) is 7.21. The van der Waals surface area contributed by atoms with E-state index in [4.69, 9.17) is 10.5 Å². The summed E-state index contributed by atoms with van der Waals surface area (Å²) in [6.45, 7) is 3.61. The number of amides is 2. The number of carbonyl (C=O) groups excluding carboxylic acids is 2. The quantitative estimate of drug-likeness (QED) is 0.592. The fourth-order valence-electron chi connectivity index (χ4n) is 5.53. The molecule has 1 saturated carbocycles. The molecule has 0 unspecified atom stereocenters. The summed E-state index contributed by atoms with van der Waals surface area (Å²) in [5.74, 6) is -1.40. The molecule has 1 fully saturated rings. The number of ether oxygens (including phenoxy) is 1. The molecule has 5 rings (SSSR count). The fraction of sp³-hybridized carbons (Fsp3) is 0.429. The van der Waals surface area contributed by atoms with Crippen LogP contribution in [0.2, 0.25) is 0 Å². The first-order valence-electron chi connectivity index (χ1n) is 12.7. The number of halogens is 3. The van der Waals surface area contributed by atoms with Crippen LogP contribution in [0.5, 0.6) is 5.75 Å². The Hall–Kier alpha value is -4.07. The molecule has 11 heteroatoms. The molecular weight excluding hydrogens is 511 g/mol. The van der Waals surface area contributed by atoms with Crippen molar-refractivity contribution in [2.45, 2.75) is 63.0 Å². The van der Waals surface area contributed by atoms with Gasteiger partial charge in [-0.1, -0.05) is 30.3 Å². The summed E-state index contributed by atoms with van der Waals surface area (Å²) >= 11 is 0. The lowest BCUT2D eigenvalue weighted by Crippen LogP contribution is -2.52. The Balaban J connectivity index is 1.41. The number of guanidine groups is 1. The van der Waals surface area contributed by atoms with Crippen LogP contribution >= 0.6 is 0 Å². The van der Waals surface area contributed by atoms with E-state index in [-0.39, 0.29) is 30.0 Å². The molecule has 2 heterocycles. The molecule has 0 spiro atoms. The average Bonchev–Trinajstić information content (AvgIpc) is 3.66. The molecule has 1 aliphatic carbocycles. The highest BCUT2D eigenvalue weighted by Gasteiger charge is 2.54. The van der Waals surface area contributed by atoms with Gasteiger partial charge in [0.05, 0.1) is 35.7 Å². The summed E-state index contributed by atoms with van der Waals surface area (Å²) in [6.07, 6.45) is -6.53. The maximum absolute atomic E-state index is 13.5. The molecule has 5 atom stereocenters. The van der Waals surface area contributed by atoms with Gasteiger partial charge in [0.25, 0.3) is 0 Å². The van der Waals surface area contributed by atoms with Crippen molar-refractivity contribution in [2.24, 2.45) is 22.6 Å². The first kappa shape index (κ1) is 26.5. The van der Waals surface area contributed by atoms with E-state index in [0.717, 1.165) is 0 Å². The van der Waals surface area contributed by atoms with Crippen molar-refractivity contribution >= 4 is 17.8 Å². The van der Waals surface area contributed by atoms with Crippen molar-refractivity contribution < 1.29 is 27.5 Å². The number of nitriles is 1. The smallest absolute Gasteiger partial charge is 0.425 e. The predicted molar refractivity (Wildman–Crippen MR) is 135 cm³/mol. The van der Waals surface area contributed by atoms with Crippen LogP contribution < -0.4 is 15.8 Å². The third-order valence-electron chi connectivity index (χ3n) is 7.45. The van der Waals surface area contributed by atoms with Gasteiger partial charge in [-0.15, -0.1) is 0 Å². The Kier molecular flexibility index (Phi) is 6.53. The number of nitrogens with two attached hydrogens (primary N) is 1. The molecule has 0 radical (unpaired) electrons. The molecular formula is C28H28F3N5O3. The van der Waals surface area contributed by atoms with Gasteiger partial charge in [-0.2, -0.15) is 18.4 Å². The fourth-order valence-corrected chi connectivity index (χ4v) is 5.53.